The molecule has 0 saturated carbocycles. The van der Waals surface area contributed by atoms with E-state index in [1.54, 1.807) is 0 Å². The smallest absolute Gasteiger partial charge is 0.550 e. The first kappa shape index (κ1) is 14.6. The second kappa shape index (κ2) is 11.1. The van der Waals surface area contributed by atoms with Crippen LogP contribution in [0.15, 0.2) is 0 Å². The van der Waals surface area contributed by atoms with Crippen LogP contribution in [0.3, 0.4) is 0 Å². The third-order valence-electron chi connectivity index (χ3n) is 1.48. The van der Waals surface area contributed by atoms with Crippen LogP contribution in [0.5, 0.6) is 0 Å². The van der Waals surface area contributed by atoms with Crippen LogP contribution in [0.2, 0.25) is 0 Å². The third-order valence-corrected chi connectivity index (χ3v) is 1.48. The molecule has 0 spiro atoms. The Hall–Kier alpha value is 1.11. The van der Waals surface area contributed by atoms with Gasteiger partial charge in [-0.25, -0.2) is 0 Å². The molecule has 0 aromatic carbocycles. The van der Waals surface area contributed by atoms with Gasteiger partial charge in [-0.3, -0.25) is 0 Å². The molecule has 0 heterocycles. The van der Waals surface area contributed by atoms with Crippen molar-refractivity contribution in [3.05, 3.63) is 0 Å². The second-order valence-corrected chi connectivity index (χ2v) is 2.54. The fourth-order valence-electron chi connectivity index (χ4n) is 0.873. The van der Waals surface area contributed by atoms with E-state index in [1.165, 1.54) is 12.8 Å². The molecule has 60 valence electrons. The molecule has 0 rings (SSSR count). The zero-order valence-electron chi connectivity index (χ0n) is 7.56. The fourth-order valence-corrected chi connectivity index (χ4v) is 0.873. The molecule has 0 unspecified atom stereocenters. The fraction of sp³-hybridized carbons (Fsp3) is 0.875. The van der Waals surface area contributed by atoms with E-state index in [0.29, 0.717) is 0 Å². The standard InChI is InChI=1S/C8H16O2.K/c1-2-3-4-5-6-7-8(9)10;/h2-7H2,1H3,(H,9,10);/q;+1/p-1. The van der Waals surface area contributed by atoms with Crippen LogP contribution in [0.4, 0.5) is 0 Å². The summed E-state index contributed by atoms with van der Waals surface area (Å²) in [5.74, 6) is -0.920. The van der Waals surface area contributed by atoms with Crippen molar-refractivity contribution in [2.24, 2.45) is 0 Å². The Morgan fingerprint density at radius 1 is 1.18 bits per heavy atom. The van der Waals surface area contributed by atoms with Gasteiger partial charge in [0, 0.05) is 5.97 Å². The van der Waals surface area contributed by atoms with Gasteiger partial charge in [-0.15, -0.1) is 0 Å². The van der Waals surface area contributed by atoms with Gasteiger partial charge in [0.1, 0.15) is 0 Å². The molecule has 3 heteroatoms. The Bertz CT molecular complexity index is 94.1. The summed E-state index contributed by atoms with van der Waals surface area (Å²) >= 11 is 0. The maximum absolute atomic E-state index is 9.92. The number of hydrogen-bond acceptors (Lipinski definition) is 2. The maximum Gasteiger partial charge on any atom is 1.00 e. The van der Waals surface area contributed by atoms with E-state index >= 15 is 0 Å². The van der Waals surface area contributed by atoms with Crippen molar-refractivity contribution in [1.82, 2.24) is 0 Å². The molecule has 0 fully saturated rings. The zero-order valence-corrected chi connectivity index (χ0v) is 10.7. The minimum atomic E-state index is -0.920. The number of rotatable bonds is 6. The van der Waals surface area contributed by atoms with Crippen LogP contribution in [0, 0.1) is 0 Å². The van der Waals surface area contributed by atoms with E-state index in [9.17, 15) is 9.90 Å². The predicted octanol–water partition coefficient (Wildman–Crippen LogP) is -1.90. The van der Waals surface area contributed by atoms with Gasteiger partial charge >= 0.3 is 51.4 Å². The first-order chi connectivity index (χ1) is 4.77. The van der Waals surface area contributed by atoms with E-state index in [4.69, 9.17) is 0 Å². The van der Waals surface area contributed by atoms with Crippen LogP contribution < -0.4 is 56.5 Å². The van der Waals surface area contributed by atoms with Crippen molar-refractivity contribution in [3.8, 4) is 0 Å². The van der Waals surface area contributed by atoms with Gasteiger partial charge in [0.2, 0.25) is 0 Å². The number of unbranched alkanes of at least 4 members (excludes halogenated alkanes) is 4. The van der Waals surface area contributed by atoms with Crippen molar-refractivity contribution in [2.75, 3.05) is 0 Å². The number of hydrogen-bond donors (Lipinski definition) is 0. The third kappa shape index (κ3) is 14.0. The van der Waals surface area contributed by atoms with E-state index < -0.39 is 5.97 Å². The number of carboxylic acid groups (broad SMARTS) is 1. The summed E-state index contributed by atoms with van der Waals surface area (Å²) in [6, 6.07) is 0. The van der Waals surface area contributed by atoms with Crippen LogP contribution in [0.25, 0.3) is 0 Å². The monoisotopic (exact) mass is 182 g/mol. The Kier molecular flexibility index (Phi) is 14.8. The van der Waals surface area contributed by atoms with Gasteiger partial charge < -0.3 is 9.90 Å². The summed E-state index contributed by atoms with van der Waals surface area (Å²) < 4.78 is 0. The Labute approximate surface area is 111 Å². The SMILES string of the molecule is CCCCCCCC(=O)[O-].[K+]. The number of carbonyl (C=O) groups is 1. The number of carbonyl (C=O) groups excluding carboxylic acids is 1. The molecule has 0 aromatic rings. The first-order valence-corrected chi connectivity index (χ1v) is 3.97. The topological polar surface area (TPSA) is 40.1 Å². The second-order valence-electron chi connectivity index (χ2n) is 2.54. The van der Waals surface area contributed by atoms with Gasteiger partial charge in [-0.2, -0.15) is 0 Å². The van der Waals surface area contributed by atoms with Crippen molar-refractivity contribution in [1.29, 1.82) is 0 Å². The van der Waals surface area contributed by atoms with Crippen molar-refractivity contribution in [3.63, 3.8) is 0 Å². The maximum atomic E-state index is 9.92. The van der Waals surface area contributed by atoms with E-state index in [0.717, 1.165) is 19.3 Å². The minimum absolute atomic E-state index is 0. The Morgan fingerprint density at radius 2 is 1.73 bits per heavy atom. The number of aliphatic carboxylic acids is 1. The molecular formula is C8H15KO2. The summed E-state index contributed by atoms with van der Waals surface area (Å²) in [4.78, 5) is 9.92. The summed E-state index contributed by atoms with van der Waals surface area (Å²) in [7, 11) is 0. The molecule has 0 saturated heterocycles. The van der Waals surface area contributed by atoms with E-state index in [-0.39, 0.29) is 57.8 Å². The predicted molar refractivity (Wildman–Crippen MR) is 38.4 cm³/mol. The van der Waals surface area contributed by atoms with Crippen LogP contribution in [-0.4, -0.2) is 5.97 Å². The molecular weight excluding hydrogens is 167 g/mol. The van der Waals surface area contributed by atoms with Gasteiger partial charge in [-0.05, 0) is 12.8 Å². The molecule has 0 aliphatic heterocycles. The molecule has 0 N–H and O–H groups in total. The van der Waals surface area contributed by atoms with Gasteiger partial charge in [0.05, 0.1) is 0 Å². The average molecular weight is 182 g/mol. The molecule has 0 atom stereocenters. The average Bonchev–Trinajstić information content (AvgIpc) is 1.87. The molecule has 11 heavy (non-hydrogen) atoms. The first-order valence-electron chi connectivity index (χ1n) is 3.97. The molecule has 0 aliphatic carbocycles. The molecule has 0 aliphatic rings. The normalized spacial score (nSPS) is 8.82. The van der Waals surface area contributed by atoms with Crippen LogP contribution in [-0.2, 0) is 4.79 Å². The summed E-state index contributed by atoms with van der Waals surface area (Å²) in [5, 5.41) is 9.92. The summed E-state index contributed by atoms with van der Waals surface area (Å²) in [6.07, 6.45) is 5.61. The van der Waals surface area contributed by atoms with E-state index in [2.05, 4.69) is 6.92 Å². The van der Waals surface area contributed by atoms with Gasteiger partial charge in [0.25, 0.3) is 0 Å². The Morgan fingerprint density at radius 3 is 2.18 bits per heavy atom. The number of carboxylic acids is 1. The minimum Gasteiger partial charge on any atom is -0.550 e. The van der Waals surface area contributed by atoms with E-state index in [1.807, 2.05) is 0 Å². The van der Waals surface area contributed by atoms with Gasteiger partial charge in [0.15, 0.2) is 0 Å². The molecule has 0 bridgehead atoms. The van der Waals surface area contributed by atoms with Crippen molar-refractivity contribution >= 4 is 5.97 Å². The molecule has 2 nitrogen and oxygen atoms in total. The van der Waals surface area contributed by atoms with Crippen LogP contribution in [0.1, 0.15) is 45.4 Å². The largest absolute Gasteiger partial charge is 1.00 e. The molecule has 0 aromatic heterocycles. The van der Waals surface area contributed by atoms with Gasteiger partial charge in [-0.1, -0.05) is 32.6 Å². The quantitative estimate of drug-likeness (QED) is 0.356. The zero-order chi connectivity index (χ0) is 7.82. The molecule has 0 amide bonds. The van der Waals surface area contributed by atoms with Crippen LogP contribution >= 0.6 is 0 Å². The summed E-state index contributed by atoms with van der Waals surface area (Å²) in [5.41, 5.74) is 0. The Balaban J connectivity index is 0. The summed E-state index contributed by atoms with van der Waals surface area (Å²) in [6.45, 7) is 2.14. The molecule has 0 radical (unpaired) electrons. The van der Waals surface area contributed by atoms with Crippen molar-refractivity contribution < 1.29 is 61.3 Å². The van der Waals surface area contributed by atoms with Crippen molar-refractivity contribution in [2.45, 2.75) is 45.4 Å².